The first kappa shape index (κ1) is 26.6. The summed E-state index contributed by atoms with van der Waals surface area (Å²) in [7, 11) is 1.50. The number of aliphatic hydroxyl groups excluding tert-OH is 1. The summed E-state index contributed by atoms with van der Waals surface area (Å²) >= 11 is 0. The number of aliphatic hydroxyl groups is 1. The molecule has 2 aromatic heterocycles. The molecule has 39 heavy (non-hydrogen) atoms. The Hall–Kier alpha value is -4.03. The van der Waals surface area contributed by atoms with Crippen LogP contribution in [0.5, 0.6) is 11.6 Å². The number of benzene rings is 1. The summed E-state index contributed by atoms with van der Waals surface area (Å²) in [5.74, 6) is 0.225. The summed E-state index contributed by atoms with van der Waals surface area (Å²) in [6, 6.07) is 8.60. The number of halogens is 1. The number of rotatable bonds is 11. The standard InChI is InChI=1S/C27H30FN5O6/c1-37-25-8-6-21-26(31-25)19(20(28)13-29-21)15-32(10-3-11-34)9-2-4-18-14-33(27(36)39-18)17-5-7-23-22(12-17)30-24(35)16-38-23/h5-8,12-13,18,34H,2-4,9-11,14-16H2,1H3,(H,30,35)/t18-/m1/s1. The van der Waals surface area contributed by atoms with Crippen molar-refractivity contribution in [3.05, 3.63) is 47.9 Å². The molecule has 0 unspecified atom stereocenters. The fraction of sp³-hybridized carbons (Fsp3) is 0.407. The largest absolute Gasteiger partial charge is 0.482 e. The van der Waals surface area contributed by atoms with E-state index in [1.165, 1.54) is 18.2 Å². The second kappa shape index (κ2) is 11.8. The number of amides is 2. The molecule has 1 atom stereocenters. The van der Waals surface area contributed by atoms with E-state index in [0.717, 1.165) is 0 Å². The molecule has 206 valence electrons. The number of ether oxygens (including phenoxy) is 3. The maximum Gasteiger partial charge on any atom is 0.414 e. The number of fused-ring (bicyclic) bond motifs is 2. The SMILES string of the molecule is COc1ccc2ncc(F)c(CN(CCCO)CCC[C@@H]3CN(c4ccc5c(c4)NC(=O)CO5)C(=O)O3)c2n1. The van der Waals surface area contributed by atoms with Crippen molar-refractivity contribution in [3.8, 4) is 11.6 Å². The Morgan fingerprint density at radius 1 is 1.23 bits per heavy atom. The monoisotopic (exact) mass is 539 g/mol. The van der Waals surface area contributed by atoms with E-state index in [0.29, 0.717) is 78.5 Å². The van der Waals surface area contributed by atoms with E-state index in [4.69, 9.17) is 14.2 Å². The van der Waals surface area contributed by atoms with E-state index < -0.39 is 11.9 Å². The van der Waals surface area contributed by atoms with Gasteiger partial charge in [-0.15, -0.1) is 0 Å². The van der Waals surface area contributed by atoms with Crippen LogP contribution in [0.2, 0.25) is 0 Å². The zero-order valence-corrected chi connectivity index (χ0v) is 21.6. The predicted octanol–water partition coefficient (Wildman–Crippen LogP) is 3.10. The molecule has 1 fully saturated rings. The summed E-state index contributed by atoms with van der Waals surface area (Å²) in [5.41, 5.74) is 2.55. The predicted molar refractivity (Wildman–Crippen MR) is 140 cm³/mol. The first-order valence-corrected chi connectivity index (χ1v) is 12.8. The number of hydrogen-bond donors (Lipinski definition) is 2. The van der Waals surface area contributed by atoms with E-state index in [9.17, 15) is 19.1 Å². The van der Waals surface area contributed by atoms with Crippen molar-refractivity contribution in [1.82, 2.24) is 14.9 Å². The van der Waals surface area contributed by atoms with Gasteiger partial charge in [-0.1, -0.05) is 0 Å². The second-order valence-electron chi connectivity index (χ2n) is 9.44. The van der Waals surface area contributed by atoms with Gasteiger partial charge < -0.3 is 24.6 Å². The lowest BCUT2D eigenvalue weighted by Gasteiger charge is -2.23. The summed E-state index contributed by atoms with van der Waals surface area (Å²) in [6.07, 6.45) is 2.25. The van der Waals surface area contributed by atoms with Crippen molar-refractivity contribution in [1.29, 1.82) is 0 Å². The van der Waals surface area contributed by atoms with Crippen LogP contribution in [-0.4, -0.2) is 78.0 Å². The molecular weight excluding hydrogens is 509 g/mol. The Bertz CT molecular complexity index is 1370. The van der Waals surface area contributed by atoms with Gasteiger partial charge in [0, 0.05) is 37.0 Å². The Morgan fingerprint density at radius 2 is 2.08 bits per heavy atom. The maximum absolute atomic E-state index is 14.9. The Labute approximate surface area is 224 Å². The van der Waals surface area contributed by atoms with E-state index >= 15 is 0 Å². The van der Waals surface area contributed by atoms with E-state index in [2.05, 4.69) is 20.2 Å². The van der Waals surface area contributed by atoms with Gasteiger partial charge in [-0.25, -0.2) is 14.2 Å². The molecule has 0 spiro atoms. The van der Waals surface area contributed by atoms with Crippen LogP contribution < -0.4 is 19.7 Å². The van der Waals surface area contributed by atoms with Crippen molar-refractivity contribution < 1.29 is 33.3 Å². The third-order valence-corrected chi connectivity index (χ3v) is 6.75. The number of nitrogens with one attached hydrogen (secondary N) is 1. The minimum absolute atomic E-state index is 0.0175. The molecule has 1 aromatic carbocycles. The van der Waals surface area contributed by atoms with Gasteiger partial charge in [-0.3, -0.25) is 19.6 Å². The van der Waals surface area contributed by atoms with Crippen molar-refractivity contribution in [2.75, 3.05) is 50.2 Å². The van der Waals surface area contributed by atoms with Gasteiger partial charge in [-0.05, 0) is 50.1 Å². The minimum Gasteiger partial charge on any atom is -0.482 e. The lowest BCUT2D eigenvalue weighted by molar-refractivity contribution is -0.118. The smallest absolute Gasteiger partial charge is 0.414 e. The van der Waals surface area contributed by atoms with Crippen molar-refractivity contribution in [2.45, 2.75) is 31.9 Å². The number of aromatic nitrogens is 2. The number of cyclic esters (lactones) is 1. The minimum atomic E-state index is -0.454. The van der Waals surface area contributed by atoms with Gasteiger partial charge in [-0.2, -0.15) is 0 Å². The highest BCUT2D eigenvalue weighted by Gasteiger charge is 2.33. The molecule has 0 saturated carbocycles. The van der Waals surface area contributed by atoms with Gasteiger partial charge in [0.1, 0.15) is 23.2 Å². The molecule has 0 radical (unpaired) electrons. The molecule has 0 aliphatic carbocycles. The normalized spacial score (nSPS) is 16.7. The first-order chi connectivity index (χ1) is 18.9. The summed E-state index contributed by atoms with van der Waals surface area (Å²) in [5, 5.41) is 12.1. The molecule has 11 nitrogen and oxygen atoms in total. The number of nitrogens with zero attached hydrogens (tertiary/aromatic N) is 4. The van der Waals surface area contributed by atoms with Crippen LogP contribution in [0.1, 0.15) is 24.8 Å². The molecule has 4 heterocycles. The number of methoxy groups -OCH3 is 1. The number of carbonyl (C=O) groups excluding carboxylic acids is 2. The summed E-state index contributed by atoms with van der Waals surface area (Å²) in [4.78, 5) is 36.4. The highest BCUT2D eigenvalue weighted by Crippen LogP contribution is 2.34. The summed E-state index contributed by atoms with van der Waals surface area (Å²) < 4.78 is 31.1. The molecule has 0 bridgehead atoms. The lowest BCUT2D eigenvalue weighted by atomic mass is 10.1. The van der Waals surface area contributed by atoms with Crippen LogP contribution in [0.4, 0.5) is 20.6 Å². The Balaban J connectivity index is 1.22. The van der Waals surface area contributed by atoms with Crippen molar-refractivity contribution in [2.24, 2.45) is 0 Å². The van der Waals surface area contributed by atoms with Crippen molar-refractivity contribution >= 4 is 34.4 Å². The molecule has 2 aliphatic rings. The molecule has 5 rings (SSSR count). The quantitative estimate of drug-likeness (QED) is 0.378. The number of pyridine rings is 2. The highest BCUT2D eigenvalue weighted by atomic mass is 19.1. The maximum atomic E-state index is 14.9. The van der Waals surface area contributed by atoms with Gasteiger partial charge in [0.2, 0.25) is 5.88 Å². The highest BCUT2D eigenvalue weighted by molar-refractivity contribution is 5.97. The third kappa shape index (κ3) is 6.02. The molecule has 2 amide bonds. The molecule has 12 heteroatoms. The molecule has 2 aliphatic heterocycles. The van der Waals surface area contributed by atoms with Crippen molar-refractivity contribution in [3.63, 3.8) is 0 Å². The number of hydrogen-bond acceptors (Lipinski definition) is 9. The van der Waals surface area contributed by atoms with E-state index in [-0.39, 0.29) is 31.8 Å². The number of anilines is 2. The van der Waals surface area contributed by atoms with Crippen LogP contribution in [0.25, 0.3) is 11.0 Å². The zero-order valence-electron chi connectivity index (χ0n) is 21.6. The molecular formula is C27H30FN5O6. The average molecular weight is 540 g/mol. The zero-order chi connectivity index (χ0) is 27.4. The Kier molecular flexibility index (Phi) is 8.03. The Morgan fingerprint density at radius 3 is 2.90 bits per heavy atom. The fourth-order valence-corrected chi connectivity index (χ4v) is 4.79. The van der Waals surface area contributed by atoms with Gasteiger partial charge in [0.15, 0.2) is 6.61 Å². The van der Waals surface area contributed by atoms with Crippen LogP contribution in [0.15, 0.2) is 36.5 Å². The first-order valence-electron chi connectivity index (χ1n) is 12.8. The van der Waals surface area contributed by atoms with E-state index in [1.54, 1.807) is 30.3 Å². The molecule has 1 saturated heterocycles. The van der Waals surface area contributed by atoms with Crippen LogP contribution in [0, 0.1) is 5.82 Å². The second-order valence-corrected chi connectivity index (χ2v) is 9.44. The average Bonchev–Trinajstić information content (AvgIpc) is 3.32. The summed E-state index contributed by atoms with van der Waals surface area (Å²) in [6.45, 7) is 1.79. The van der Waals surface area contributed by atoms with Crippen LogP contribution in [0.3, 0.4) is 0 Å². The van der Waals surface area contributed by atoms with E-state index in [1.807, 2.05) is 0 Å². The number of carbonyl (C=O) groups is 2. The fourth-order valence-electron chi connectivity index (χ4n) is 4.79. The molecule has 3 aromatic rings. The van der Waals surface area contributed by atoms with Gasteiger partial charge >= 0.3 is 6.09 Å². The van der Waals surface area contributed by atoms with Gasteiger partial charge in [0.05, 0.1) is 31.1 Å². The molecule has 2 N–H and O–H groups in total. The van der Waals surface area contributed by atoms with Crippen LogP contribution in [-0.2, 0) is 16.1 Å². The third-order valence-electron chi connectivity index (χ3n) is 6.75. The topological polar surface area (TPSA) is 126 Å². The van der Waals surface area contributed by atoms with Gasteiger partial charge in [0.25, 0.3) is 5.91 Å². The lowest BCUT2D eigenvalue weighted by Crippen LogP contribution is -2.28. The van der Waals surface area contributed by atoms with Crippen LogP contribution >= 0.6 is 0 Å².